The van der Waals surface area contributed by atoms with E-state index in [-0.39, 0.29) is 0 Å². The molecule has 0 spiro atoms. The van der Waals surface area contributed by atoms with Crippen molar-refractivity contribution in [1.29, 1.82) is 0 Å². The summed E-state index contributed by atoms with van der Waals surface area (Å²) in [5, 5.41) is 6.30. The minimum Gasteiger partial charge on any atom is -0.375 e. The fraction of sp³-hybridized carbons (Fsp3) is 0.625. The van der Waals surface area contributed by atoms with Gasteiger partial charge in [-0.3, -0.25) is 4.90 Å². The van der Waals surface area contributed by atoms with Gasteiger partial charge in [0.05, 0.1) is 32.5 Å². The van der Waals surface area contributed by atoms with Gasteiger partial charge in [-0.25, -0.2) is 9.97 Å². The molecule has 3 atom stereocenters. The minimum atomic E-state index is 0.306. The van der Waals surface area contributed by atoms with Crippen LogP contribution in [0.25, 0.3) is 0 Å². The highest BCUT2D eigenvalue weighted by atomic mass is 32.1. The van der Waals surface area contributed by atoms with E-state index in [1.165, 1.54) is 17.8 Å². The molecule has 1 aliphatic carbocycles. The quantitative estimate of drug-likeness (QED) is 0.801. The zero-order valence-corrected chi connectivity index (χ0v) is 14.6. The monoisotopic (exact) mass is 351 g/mol. The van der Waals surface area contributed by atoms with Crippen LogP contribution in [-0.4, -0.2) is 46.8 Å². The van der Waals surface area contributed by atoms with Gasteiger partial charge in [0.25, 0.3) is 0 Å². The highest BCUT2D eigenvalue weighted by Crippen LogP contribution is 2.35. The molecule has 5 nitrogen and oxygen atoms in total. The normalized spacial score (nSPS) is 28.1. The molecule has 2 aromatic rings. The van der Waals surface area contributed by atoms with E-state index in [4.69, 9.17) is 9.47 Å². The summed E-state index contributed by atoms with van der Waals surface area (Å²) in [6, 6.07) is 0.515. The number of nitrogens with zero attached hydrogens (tertiary/aromatic N) is 3. The Kier molecular flexibility index (Phi) is 5.01. The van der Waals surface area contributed by atoms with E-state index >= 15 is 0 Å². The van der Waals surface area contributed by atoms with Gasteiger partial charge >= 0.3 is 0 Å². The number of rotatable bonds is 6. The third-order valence-electron chi connectivity index (χ3n) is 4.70. The molecule has 1 saturated carbocycles. The first-order valence-corrected chi connectivity index (χ1v) is 9.86. The van der Waals surface area contributed by atoms with Gasteiger partial charge in [0.15, 0.2) is 0 Å². The molecule has 4 rings (SSSR count). The van der Waals surface area contributed by atoms with Crippen LogP contribution in [0, 0.1) is 5.92 Å². The van der Waals surface area contributed by atoms with Gasteiger partial charge in [-0.05, 0) is 12.8 Å². The molecule has 7 heteroatoms. The maximum absolute atomic E-state index is 6.10. The summed E-state index contributed by atoms with van der Waals surface area (Å²) in [7, 11) is 0. The maximum atomic E-state index is 6.10. The molecular weight excluding hydrogens is 330 g/mol. The van der Waals surface area contributed by atoms with Crippen molar-refractivity contribution in [2.75, 3.05) is 19.8 Å². The highest BCUT2D eigenvalue weighted by Gasteiger charge is 2.42. The first-order valence-electron chi connectivity index (χ1n) is 8.10. The fourth-order valence-corrected chi connectivity index (χ4v) is 4.83. The predicted molar refractivity (Wildman–Crippen MR) is 90.5 cm³/mol. The minimum absolute atomic E-state index is 0.306. The SMILES string of the molecule is c1csc(COC[C@@H]2CC[C@@H]3[C@H]2OCCN3Cc2nccs2)n1. The lowest BCUT2D eigenvalue weighted by Crippen LogP contribution is -2.50. The van der Waals surface area contributed by atoms with Crippen molar-refractivity contribution in [3.05, 3.63) is 33.2 Å². The standard InChI is InChI=1S/C16H21N3O2S2/c1-2-13-16(12(1)10-20-11-15-18-4-8-23-15)21-6-5-19(13)9-14-17-3-7-22-14/h3-4,7-8,12-13,16H,1-2,5-6,9-11H2/t12-,13+,16-/m0/s1. The topological polar surface area (TPSA) is 47.5 Å². The number of fused-ring (bicyclic) bond motifs is 1. The van der Waals surface area contributed by atoms with Crippen LogP contribution < -0.4 is 0 Å². The molecule has 1 aliphatic heterocycles. The number of aromatic nitrogens is 2. The molecule has 0 bridgehead atoms. The summed E-state index contributed by atoms with van der Waals surface area (Å²) >= 11 is 3.39. The molecule has 124 valence electrons. The molecule has 3 heterocycles. The molecular formula is C16H21N3O2S2. The smallest absolute Gasteiger partial charge is 0.118 e. The summed E-state index contributed by atoms with van der Waals surface area (Å²) in [5.74, 6) is 0.499. The van der Waals surface area contributed by atoms with Crippen LogP contribution in [0.3, 0.4) is 0 Å². The van der Waals surface area contributed by atoms with Crippen LogP contribution in [0.5, 0.6) is 0 Å². The third kappa shape index (κ3) is 3.64. The fourth-order valence-electron chi connectivity index (χ4n) is 3.64. The molecule has 2 fully saturated rings. The van der Waals surface area contributed by atoms with Gasteiger partial charge in [0.2, 0.25) is 0 Å². The average molecular weight is 351 g/mol. The van der Waals surface area contributed by atoms with Crippen LogP contribution in [0.4, 0.5) is 0 Å². The summed E-state index contributed by atoms with van der Waals surface area (Å²) in [6.45, 7) is 4.16. The van der Waals surface area contributed by atoms with Crippen LogP contribution in [0.15, 0.2) is 23.2 Å². The van der Waals surface area contributed by atoms with Crippen LogP contribution in [0.1, 0.15) is 22.9 Å². The van der Waals surface area contributed by atoms with Crippen molar-refractivity contribution in [2.24, 2.45) is 5.92 Å². The van der Waals surface area contributed by atoms with Crippen molar-refractivity contribution in [3.8, 4) is 0 Å². The Morgan fingerprint density at radius 3 is 2.78 bits per heavy atom. The number of hydrogen-bond donors (Lipinski definition) is 0. The number of morpholine rings is 1. The van der Waals surface area contributed by atoms with E-state index in [1.54, 1.807) is 22.7 Å². The highest BCUT2D eigenvalue weighted by molar-refractivity contribution is 7.09. The largest absolute Gasteiger partial charge is 0.375 e. The zero-order chi connectivity index (χ0) is 15.5. The van der Waals surface area contributed by atoms with Gasteiger partial charge in [-0.15, -0.1) is 22.7 Å². The summed E-state index contributed by atoms with van der Waals surface area (Å²) in [4.78, 5) is 11.2. The van der Waals surface area contributed by atoms with Gasteiger partial charge in [0.1, 0.15) is 10.0 Å². The Morgan fingerprint density at radius 2 is 2.00 bits per heavy atom. The molecule has 0 amide bonds. The third-order valence-corrected chi connectivity index (χ3v) is 6.22. The van der Waals surface area contributed by atoms with Crippen LogP contribution >= 0.6 is 22.7 Å². The number of thiazole rings is 2. The van der Waals surface area contributed by atoms with Crippen molar-refractivity contribution < 1.29 is 9.47 Å². The van der Waals surface area contributed by atoms with Gasteiger partial charge < -0.3 is 9.47 Å². The molecule has 2 aliphatic rings. The first-order chi connectivity index (χ1) is 11.4. The van der Waals surface area contributed by atoms with Gasteiger partial charge in [-0.1, -0.05) is 0 Å². The van der Waals surface area contributed by atoms with Crippen molar-refractivity contribution in [1.82, 2.24) is 14.9 Å². The van der Waals surface area contributed by atoms with E-state index in [2.05, 4.69) is 20.2 Å². The molecule has 0 N–H and O–H groups in total. The molecule has 2 aromatic heterocycles. The Morgan fingerprint density at radius 1 is 1.17 bits per heavy atom. The number of ether oxygens (including phenoxy) is 2. The van der Waals surface area contributed by atoms with Crippen molar-refractivity contribution >= 4 is 22.7 Å². The van der Waals surface area contributed by atoms with Gasteiger partial charge in [0, 0.05) is 41.7 Å². The molecule has 0 radical (unpaired) electrons. The van der Waals surface area contributed by atoms with Crippen LogP contribution in [-0.2, 0) is 22.6 Å². The number of hydrogen-bond acceptors (Lipinski definition) is 7. The summed E-state index contributed by atoms with van der Waals surface area (Å²) < 4.78 is 12.0. The predicted octanol–water partition coefficient (Wildman–Crippen LogP) is 2.80. The van der Waals surface area contributed by atoms with E-state index in [9.17, 15) is 0 Å². The maximum Gasteiger partial charge on any atom is 0.118 e. The molecule has 0 unspecified atom stereocenters. The van der Waals surface area contributed by atoms with E-state index in [1.807, 2.05) is 17.8 Å². The lowest BCUT2D eigenvalue weighted by molar-refractivity contribution is -0.0891. The lowest BCUT2D eigenvalue weighted by Gasteiger charge is -2.38. The van der Waals surface area contributed by atoms with Crippen LogP contribution in [0.2, 0.25) is 0 Å². The Balaban J connectivity index is 1.31. The molecule has 23 heavy (non-hydrogen) atoms. The summed E-state index contributed by atoms with van der Waals surface area (Å²) in [5.41, 5.74) is 0. The molecule has 1 saturated heterocycles. The first kappa shape index (κ1) is 15.7. The van der Waals surface area contributed by atoms with E-state index in [0.29, 0.717) is 24.7 Å². The Labute approximate surface area is 144 Å². The second-order valence-corrected chi connectivity index (χ2v) is 8.04. The second kappa shape index (κ2) is 7.36. The Hall–Kier alpha value is -0.860. The van der Waals surface area contributed by atoms with Gasteiger partial charge in [-0.2, -0.15) is 0 Å². The second-order valence-electron chi connectivity index (χ2n) is 6.08. The Bertz CT molecular complexity index is 591. The van der Waals surface area contributed by atoms with Crippen molar-refractivity contribution in [2.45, 2.75) is 38.1 Å². The lowest BCUT2D eigenvalue weighted by atomic mass is 10.0. The molecule has 0 aromatic carbocycles. The summed E-state index contributed by atoms with van der Waals surface area (Å²) in [6.07, 6.45) is 6.40. The average Bonchev–Trinajstić information content (AvgIpc) is 3.30. The zero-order valence-electron chi connectivity index (χ0n) is 13.0. The van der Waals surface area contributed by atoms with Crippen molar-refractivity contribution in [3.63, 3.8) is 0 Å². The van der Waals surface area contributed by atoms with E-state index in [0.717, 1.165) is 31.3 Å². The van der Waals surface area contributed by atoms with E-state index < -0.39 is 0 Å².